The van der Waals surface area contributed by atoms with Crippen molar-refractivity contribution in [3.63, 3.8) is 0 Å². The van der Waals surface area contributed by atoms with Crippen molar-refractivity contribution in [2.24, 2.45) is 5.73 Å². The number of para-hydroxylation sites is 1. The van der Waals surface area contributed by atoms with E-state index in [1.165, 1.54) is 5.56 Å². The first kappa shape index (κ1) is 13.2. The van der Waals surface area contributed by atoms with Gasteiger partial charge < -0.3 is 20.3 Å². The third-order valence-electron chi connectivity index (χ3n) is 3.04. The molecule has 4 nitrogen and oxygen atoms in total. The molecule has 0 aromatic heterocycles. The second kappa shape index (κ2) is 5.16. The molecule has 1 heterocycles. The highest BCUT2D eigenvalue weighted by molar-refractivity contribution is 5.50. The number of rotatable bonds is 5. The van der Waals surface area contributed by atoms with E-state index in [0.717, 1.165) is 17.9 Å². The Morgan fingerprint density at radius 1 is 1.50 bits per heavy atom. The van der Waals surface area contributed by atoms with Crippen molar-refractivity contribution in [1.29, 1.82) is 0 Å². The molecule has 0 radical (unpaired) electrons. The van der Waals surface area contributed by atoms with Gasteiger partial charge in [0.25, 0.3) is 0 Å². The molecule has 0 bridgehead atoms. The van der Waals surface area contributed by atoms with Crippen molar-refractivity contribution in [3.05, 3.63) is 23.8 Å². The van der Waals surface area contributed by atoms with Crippen LogP contribution in [0.5, 0.6) is 11.5 Å². The fourth-order valence-corrected chi connectivity index (χ4v) is 2.11. The van der Waals surface area contributed by atoms with Crippen LogP contribution in [0.1, 0.15) is 25.8 Å². The summed E-state index contributed by atoms with van der Waals surface area (Å²) in [5.74, 6) is 1.61. The molecule has 4 heteroatoms. The molecular weight excluding hydrogens is 230 g/mol. The number of hydrogen-bond acceptors (Lipinski definition) is 4. The maximum atomic E-state index is 8.85. The summed E-state index contributed by atoms with van der Waals surface area (Å²) in [5.41, 5.74) is 6.65. The van der Waals surface area contributed by atoms with Crippen LogP contribution in [0.2, 0.25) is 0 Å². The minimum Gasteiger partial charge on any atom is -0.490 e. The number of nitrogens with two attached hydrogens (primary N) is 1. The van der Waals surface area contributed by atoms with Gasteiger partial charge in [0.1, 0.15) is 5.60 Å². The van der Waals surface area contributed by atoms with Gasteiger partial charge in [-0.2, -0.15) is 0 Å². The van der Waals surface area contributed by atoms with E-state index in [-0.39, 0.29) is 18.2 Å². The molecule has 1 atom stereocenters. The molecule has 0 fully saturated rings. The van der Waals surface area contributed by atoms with Crippen LogP contribution in [0.25, 0.3) is 0 Å². The van der Waals surface area contributed by atoms with E-state index >= 15 is 0 Å². The Hall–Kier alpha value is -1.26. The van der Waals surface area contributed by atoms with E-state index in [1.807, 2.05) is 12.1 Å². The molecule has 1 aliphatic heterocycles. The standard InChI is InChI=1S/C14H21NO3/c1-14(2)8-10-4-3-5-12(13(10)18-14)17-7-6-11(15)9-16/h3-5,11,16H,6-9,15H2,1-2H3. The van der Waals surface area contributed by atoms with Crippen LogP contribution in [0, 0.1) is 0 Å². The second-order valence-electron chi connectivity index (χ2n) is 5.36. The minimum absolute atomic E-state index is 0.0141. The third kappa shape index (κ3) is 2.94. The topological polar surface area (TPSA) is 64.7 Å². The lowest BCUT2D eigenvalue weighted by Crippen LogP contribution is -2.26. The molecule has 1 aliphatic rings. The molecule has 1 aromatic rings. The Labute approximate surface area is 108 Å². The van der Waals surface area contributed by atoms with Crippen molar-refractivity contribution < 1.29 is 14.6 Å². The van der Waals surface area contributed by atoms with E-state index in [9.17, 15) is 0 Å². The summed E-state index contributed by atoms with van der Waals surface area (Å²) in [6.07, 6.45) is 1.53. The predicted molar refractivity (Wildman–Crippen MR) is 70.0 cm³/mol. The van der Waals surface area contributed by atoms with Crippen molar-refractivity contribution in [1.82, 2.24) is 0 Å². The Balaban J connectivity index is 2.01. The van der Waals surface area contributed by atoms with E-state index in [0.29, 0.717) is 13.0 Å². The molecule has 0 amide bonds. The first-order valence-electron chi connectivity index (χ1n) is 6.32. The maximum Gasteiger partial charge on any atom is 0.165 e. The first-order chi connectivity index (χ1) is 8.52. The fraction of sp³-hybridized carbons (Fsp3) is 0.571. The fourth-order valence-electron chi connectivity index (χ4n) is 2.11. The monoisotopic (exact) mass is 251 g/mol. The summed E-state index contributed by atoms with van der Waals surface area (Å²) in [6, 6.07) is 5.73. The number of benzene rings is 1. The molecule has 3 N–H and O–H groups in total. The van der Waals surface area contributed by atoms with Crippen LogP contribution in [0.4, 0.5) is 0 Å². The van der Waals surface area contributed by atoms with Crippen LogP contribution in [-0.2, 0) is 6.42 Å². The number of aliphatic hydroxyl groups is 1. The van der Waals surface area contributed by atoms with Crippen LogP contribution in [-0.4, -0.2) is 30.0 Å². The molecule has 1 aromatic carbocycles. The van der Waals surface area contributed by atoms with E-state index in [4.69, 9.17) is 20.3 Å². The Kier molecular flexibility index (Phi) is 3.78. The smallest absolute Gasteiger partial charge is 0.165 e. The average Bonchev–Trinajstić information content (AvgIpc) is 2.63. The summed E-state index contributed by atoms with van der Waals surface area (Å²) in [5, 5.41) is 8.85. The minimum atomic E-state index is -0.223. The molecule has 100 valence electrons. The summed E-state index contributed by atoms with van der Waals surface area (Å²) >= 11 is 0. The summed E-state index contributed by atoms with van der Waals surface area (Å²) in [6.45, 7) is 4.61. The summed E-state index contributed by atoms with van der Waals surface area (Å²) in [4.78, 5) is 0. The normalized spacial score (nSPS) is 18.0. The lowest BCUT2D eigenvalue weighted by atomic mass is 10.0. The zero-order chi connectivity index (χ0) is 13.2. The summed E-state index contributed by atoms with van der Waals surface area (Å²) < 4.78 is 11.6. The van der Waals surface area contributed by atoms with Gasteiger partial charge in [0, 0.05) is 18.0 Å². The number of fused-ring (bicyclic) bond motifs is 1. The predicted octanol–water partition coefficient (Wildman–Crippen LogP) is 1.49. The van der Waals surface area contributed by atoms with Gasteiger partial charge in [0.15, 0.2) is 11.5 Å². The highest BCUT2D eigenvalue weighted by atomic mass is 16.5. The van der Waals surface area contributed by atoms with Gasteiger partial charge in [0.2, 0.25) is 0 Å². The van der Waals surface area contributed by atoms with Gasteiger partial charge in [-0.1, -0.05) is 12.1 Å². The van der Waals surface area contributed by atoms with E-state index in [1.54, 1.807) is 0 Å². The van der Waals surface area contributed by atoms with Gasteiger partial charge in [-0.3, -0.25) is 0 Å². The van der Waals surface area contributed by atoms with Gasteiger partial charge in [0.05, 0.1) is 13.2 Å². The number of aliphatic hydroxyl groups excluding tert-OH is 1. The Bertz CT molecular complexity index is 418. The van der Waals surface area contributed by atoms with Crippen LogP contribution >= 0.6 is 0 Å². The number of hydrogen-bond donors (Lipinski definition) is 2. The molecule has 18 heavy (non-hydrogen) atoms. The average molecular weight is 251 g/mol. The number of ether oxygens (including phenoxy) is 2. The quantitative estimate of drug-likeness (QED) is 0.832. The van der Waals surface area contributed by atoms with Crippen LogP contribution in [0.15, 0.2) is 18.2 Å². The molecule has 0 spiro atoms. The van der Waals surface area contributed by atoms with E-state index in [2.05, 4.69) is 19.9 Å². The molecule has 0 saturated carbocycles. The van der Waals surface area contributed by atoms with Gasteiger partial charge in [-0.15, -0.1) is 0 Å². The first-order valence-corrected chi connectivity index (χ1v) is 6.32. The molecular formula is C14H21NO3. The van der Waals surface area contributed by atoms with Crippen molar-refractivity contribution >= 4 is 0 Å². The lowest BCUT2D eigenvalue weighted by Gasteiger charge is -2.18. The van der Waals surface area contributed by atoms with E-state index < -0.39 is 0 Å². The molecule has 0 saturated heterocycles. The third-order valence-corrected chi connectivity index (χ3v) is 3.04. The lowest BCUT2D eigenvalue weighted by molar-refractivity contribution is 0.131. The Morgan fingerprint density at radius 2 is 2.28 bits per heavy atom. The Morgan fingerprint density at radius 3 is 3.00 bits per heavy atom. The van der Waals surface area contributed by atoms with Gasteiger partial charge >= 0.3 is 0 Å². The van der Waals surface area contributed by atoms with Crippen molar-refractivity contribution in [2.75, 3.05) is 13.2 Å². The zero-order valence-electron chi connectivity index (χ0n) is 11.0. The van der Waals surface area contributed by atoms with Gasteiger partial charge in [-0.05, 0) is 26.3 Å². The SMILES string of the molecule is CC1(C)Cc2cccc(OCCC(N)CO)c2O1. The largest absolute Gasteiger partial charge is 0.490 e. The van der Waals surface area contributed by atoms with Crippen LogP contribution in [0.3, 0.4) is 0 Å². The maximum absolute atomic E-state index is 8.85. The molecule has 0 aliphatic carbocycles. The van der Waals surface area contributed by atoms with Crippen LogP contribution < -0.4 is 15.2 Å². The molecule has 1 unspecified atom stereocenters. The van der Waals surface area contributed by atoms with Crippen molar-refractivity contribution in [2.45, 2.75) is 38.3 Å². The van der Waals surface area contributed by atoms with Gasteiger partial charge in [-0.25, -0.2) is 0 Å². The summed E-state index contributed by atoms with van der Waals surface area (Å²) in [7, 11) is 0. The highest BCUT2D eigenvalue weighted by Gasteiger charge is 2.32. The second-order valence-corrected chi connectivity index (χ2v) is 5.36. The highest BCUT2D eigenvalue weighted by Crippen LogP contribution is 2.41. The van der Waals surface area contributed by atoms with Crippen molar-refractivity contribution in [3.8, 4) is 11.5 Å². The molecule has 2 rings (SSSR count). The zero-order valence-corrected chi connectivity index (χ0v) is 11.0.